The Hall–Kier alpha value is -0.970. The van der Waals surface area contributed by atoms with Crippen LogP contribution in [0.4, 0.5) is 4.39 Å². The van der Waals surface area contributed by atoms with Crippen LogP contribution in [0.2, 0.25) is 0 Å². The average Bonchev–Trinajstić information content (AvgIpc) is 2.59. The first-order valence-corrected chi connectivity index (χ1v) is 4.52. The van der Waals surface area contributed by atoms with Gasteiger partial charge in [-0.15, -0.1) is 5.10 Å². The second-order valence-corrected chi connectivity index (χ2v) is 2.80. The monoisotopic (exact) mass is 186 g/mol. The smallest absolute Gasteiger partial charge is 0.0964 e. The number of nitrogens with zero attached hydrogens (tertiary/aromatic N) is 3. The average molecular weight is 186 g/mol. The van der Waals surface area contributed by atoms with Crippen LogP contribution < -0.4 is 5.32 Å². The predicted molar refractivity (Wildman–Crippen MR) is 48.0 cm³/mol. The fraction of sp³-hybridized carbons (Fsp3) is 0.750. The van der Waals surface area contributed by atoms with Crippen molar-refractivity contribution in [2.24, 2.45) is 0 Å². The molecule has 0 atom stereocenters. The normalized spacial score (nSPS) is 10.6. The molecule has 1 rings (SSSR count). The summed E-state index contributed by atoms with van der Waals surface area (Å²) >= 11 is 0. The molecule has 0 bridgehead atoms. The number of aromatic nitrogens is 3. The zero-order valence-corrected chi connectivity index (χ0v) is 7.83. The maximum absolute atomic E-state index is 11.8. The molecule has 13 heavy (non-hydrogen) atoms. The molecule has 1 heterocycles. The summed E-state index contributed by atoms with van der Waals surface area (Å²) in [5.74, 6) is 0. The highest BCUT2D eigenvalue weighted by atomic mass is 19.1. The zero-order valence-electron chi connectivity index (χ0n) is 7.83. The summed E-state index contributed by atoms with van der Waals surface area (Å²) in [6, 6.07) is 0. The number of halogens is 1. The highest BCUT2D eigenvalue weighted by molar-refractivity contribution is 4.91. The third-order valence-electron chi connectivity index (χ3n) is 1.66. The molecule has 0 aliphatic heterocycles. The van der Waals surface area contributed by atoms with Crippen molar-refractivity contribution in [3.8, 4) is 0 Å². The van der Waals surface area contributed by atoms with Gasteiger partial charge in [-0.25, -0.2) is 0 Å². The van der Waals surface area contributed by atoms with Crippen LogP contribution in [0.15, 0.2) is 6.20 Å². The van der Waals surface area contributed by atoms with Gasteiger partial charge in [-0.2, -0.15) is 0 Å². The third kappa shape index (κ3) is 3.50. The van der Waals surface area contributed by atoms with Crippen LogP contribution >= 0.6 is 0 Å². The summed E-state index contributed by atoms with van der Waals surface area (Å²) in [4.78, 5) is 0. The SMILES string of the molecule is CCNCc1cn(CCCF)nn1. The highest BCUT2D eigenvalue weighted by Crippen LogP contribution is 1.94. The molecule has 0 fully saturated rings. The van der Waals surface area contributed by atoms with E-state index in [0.717, 1.165) is 18.8 Å². The van der Waals surface area contributed by atoms with Crippen molar-refractivity contribution < 1.29 is 4.39 Å². The van der Waals surface area contributed by atoms with Gasteiger partial charge in [-0.3, -0.25) is 9.07 Å². The Morgan fingerprint density at radius 3 is 3.15 bits per heavy atom. The second kappa shape index (κ2) is 5.64. The maximum atomic E-state index is 11.8. The van der Waals surface area contributed by atoms with Crippen LogP contribution in [0, 0.1) is 0 Å². The number of nitrogens with one attached hydrogen (secondary N) is 1. The molecule has 0 spiro atoms. The lowest BCUT2D eigenvalue weighted by molar-refractivity contribution is 0.431. The summed E-state index contributed by atoms with van der Waals surface area (Å²) in [5.41, 5.74) is 0.903. The minimum absolute atomic E-state index is 0.303. The van der Waals surface area contributed by atoms with Gasteiger partial charge in [0.2, 0.25) is 0 Å². The summed E-state index contributed by atoms with van der Waals surface area (Å²) in [6.45, 7) is 3.98. The van der Waals surface area contributed by atoms with Crippen molar-refractivity contribution in [3.63, 3.8) is 0 Å². The molecule has 0 unspecified atom stereocenters. The number of rotatable bonds is 6. The van der Waals surface area contributed by atoms with E-state index in [0.29, 0.717) is 13.0 Å². The van der Waals surface area contributed by atoms with Crippen LogP contribution in [0.1, 0.15) is 19.0 Å². The van der Waals surface area contributed by atoms with Gasteiger partial charge in [0.25, 0.3) is 0 Å². The Balaban J connectivity index is 2.34. The van der Waals surface area contributed by atoms with E-state index in [1.54, 1.807) is 4.68 Å². The van der Waals surface area contributed by atoms with Gasteiger partial charge < -0.3 is 5.32 Å². The van der Waals surface area contributed by atoms with Gasteiger partial charge in [-0.1, -0.05) is 12.1 Å². The summed E-state index contributed by atoms with van der Waals surface area (Å²) in [7, 11) is 0. The van der Waals surface area contributed by atoms with Gasteiger partial charge in [-0.05, 0) is 13.0 Å². The molecule has 1 N–H and O–H groups in total. The molecule has 0 aliphatic carbocycles. The quantitative estimate of drug-likeness (QED) is 0.712. The topological polar surface area (TPSA) is 42.7 Å². The molecule has 0 radical (unpaired) electrons. The first-order chi connectivity index (χ1) is 6.36. The number of hydrogen-bond acceptors (Lipinski definition) is 3. The van der Waals surface area contributed by atoms with Gasteiger partial charge in [0.1, 0.15) is 0 Å². The van der Waals surface area contributed by atoms with Crippen LogP contribution in [-0.4, -0.2) is 28.2 Å². The van der Waals surface area contributed by atoms with Gasteiger partial charge in [0, 0.05) is 19.3 Å². The Kier molecular flexibility index (Phi) is 4.39. The van der Waals surface area contributed by atoms with Crippen LogP contribution in [0.3, 0.4) is 0 Å². The number of alkyl halides is 1. The largest absolute Gasteiger partial charge is 0.311 e. The fourth-order valence-electron chi connectivity index (χ4n) is 1.00. The number of hydrogen-bond donors (Lipinski definition) is 1. The van der Waals surface area contributed by atoms with E-state index < -0.39 is 0 Å². The first kappa shape index (κ1) is 10.1. The molecule has 0 saturated carbocycles. The summed E-state index contributed by atoms with van der Waals surface area (Å²) in [6.07, 6.45) is 2.35. The third-order valence-corrected chi connectivity index (χ3v) is 1.66. The van der Waals surface area contributed by atoms with Crippen molar-refractivity contribution in [2.75, 3.05) is 13.2 Å². The van der Waals surface area contributed by atoms with E-state index in [4.69, 9.17) is 0 Å². The van der Waals surface area contributed by atoms with E-state index in [-0.39, 0.29) is 6.67 Å². The molecular formula is C8H15FN4. The zero-order chi connectivity index (χ0) is 9.52. The first-order valence-electron chi connectivity index (χ1n) is 4.52. The lowest BCUT2D eigenvalue weighted by atomic mass is 10.4. The molecule has 74 valence electrons. The van der Waals surface area contributed by atoms with Gasteiger partial charge in [0.05, 0.1) is 12.4 Å². The lowest BCUT2D eigenvalue weighted by Gasteiger charge is -1.95. The second-order valence-electron chi connectivity index (χ2n) is 2.80. The summed E-state index contributed by atoms with van der Waals surface area (Å²) in [5, 5.41) is 10.9. The van der Waals surface area contributed by atoms with Gasteiger partial charge in [0.15, 0.2) is 0 Å². The Labute approximate surface area is 77.1 Å². The molecule has 0 aromatic carbocycles. The van der Waals surface area contributed by atoms with Gasteiger partial charge >= 0.3 is 0 Å². The van der Waals surface area contributed by atoms with Crippen molar-refractivity contribution in [2.45, 2.75) is 26.4 Å². The molecular weight excluding hydrogens is 171 g/mol. The van der Waals surface area contributed by atoms with E-state index in [1.165, 1.54) is 0 Å². The molecule has 1 aromatic heterocycles. The highest BCUT2D eigenvalue weighted by Gasteiger charge is 1.98. The molecule has 5 heteroatoms. The van der Waals surface area contributed by atoms with Crippen molar-refractivity contribution in [3.05, 3.63) is 11.9 Å². The van der Waals surface area contributed by atoms with E-state index in [2.05, 4.69) is 15.6 Å². The van der Waals surface area contributed by atoms with Crippen molar-refractivity contribution in [1.82, 2.24) is 20.3 Å². The number of aryl methyl sites for hydroxylation is 1. The molecule has 4 nitrogen and oxygen atoms in total. The lowest BCUT2D eigenvalue weighted by Crippen LogP contribution is -2.11. The minimum atomic E-state index is -0.303. The minimum Gasteiger partial charge on any atom is -0.311 e. The van der Waals surface area contributed by atoms with E-state index >= 15 is 0 Å². The molecule has 0 amide bonds. The predicted octanol–water partition coefficient (Wildman–Crippen LogP) is 0.747. The molecule has 1 aromatic rings. The van der Waals surface area contributed by atoms with E-state index in [1.807, 2.05) is 13.1 Å². The fourth-order valence-corrected chi connectivity index (χ4v) is 1.00. The Bertz CT molecular complexity index is 213. The van der Waals surface area contributed by atoms with Crippen LogP contribution in [0.5, 0.6) is 0 Å². The Morgan fingerprint density at radius 2 is 2.46 bits per heavy atom. The van der Waals surface area contributed by atoms with E-state index in [9.17, 15) is 4.39 Å². The van der Waals surface area contributed by atoms with Crippen molar-refractivity contribution in [1.29, 1.82) is 0 Å². The summed E-state index contributed by atoms with van der Waals surface area (Å²) < 4.78 is 13.5. The molecule has 0 saturated heterocycles. The van der Waals surface area contributed by atoms with Crippen molar-refractivity contribution >= 4 is 0 Å². The maximum Gasteiger partial charge on any atom is 0.0964 e. The Morgan fingerprint density at radius 1 is 1.62 bits per heavy atom. The van der Waals surface area contributed by atoms with Crippen LogP contribution in [0.25, 0.3) is 0 Å². The molecule has 0 aliphatic rings. The standard InChI is InChI=1S/C8H15FN4/c1-2-10-6-8-7-13(12-11-8)5-3-4-9/h7,10H,2-6H2,1H3. The van der Waals surface area contributed by atoms with Crippen LogP contribution in [-0.2, 0) is 13.1 Å².